The van der Waals surface area contributed by atoms with Crippen LogP contribution in [0.3, 0.4) is 0 Å². The van der Waals surface area contributed by atoms with E-state index in [9.17, 15) is 13.2 Å². The number of nitrogens with zero attached hydrogens (tertiary/aromatic N) is 4. The summed E-state index contributed by atoms with van der Waals surface area (Å²) in [5.41, 5.74) is 3.17. The Bertz CT molecular complexity index is 1420. The fourth-order valence-corrected chi connectivity index (χ4v) is 6.60. The molecule has 5 rings (SSSR count). The number of carbonyl (C=O) groups is 1. The van der Waals surface area contributed by atoms with Crippen LogP contribution in [-0.4, -0.2) is 55.6 Å². The summed E-state index contributed by atoms with van der Waals surface area (Å²) >= 11 is 0. The van der Waals surface area contributed by atoms with Crippen molar-refractivity contribution >= 4 is 32.7 Å². The summed E-state index contributed by atoms with van der Waals surface area (Å²) in [5.74, 6) is 1.70. The fraction of sp³-hybridized carbons (Fsp3) is 0.517. The van der Waals surface area contributed by atoms with E-state index < -0.39 is 10.0 Å². The highest BCUT2D eigenvalue weighted by Crippen LogP contribution is 2.32. The van der Waals surface area contributed by atoms with Gasteiger partial charge in [-0.2, -0.15) is 0 Å². The molecule has 2 saturated heterocycles. The zero-order valence-electron chi connectivity index (χ0n) is 22.8. The van der Waals surface area contributed by atoms with Crippen molar-refractivity contribution in [2.24, 2.45) is 5.92 Å². The Kier molecular flexibility index (Phi) is 7.26. The maximum absolute atomic E-state index is 13.5. The highest BCUT2D eigenvalue weighted by atomic mass is 32.2. The number of sulfonamides is 1. The molecular weight excluding hydrogens is 500 g/mol. The van der Waals surface area contributed by atoms with Gasteiger partial charge >= 0.3 is 0 Å². The number of likely N-dealkylation sites (tertiary alicyclic amines) is 1. The summed E-state index contributed by atoms with van der Waals surface area (Å²) < 4.78 is 36.2. The Hall–Kier alpha value is -2.91. The van der Waals surface area contributed by atoms with Crippen LogP contribution in [0.2, 0.25) is 0 Å². The van der Waals surface area contributed by atoms with Crippen molar-refractivity contribution in [2.75, 3.05) is 31.1 Å². The second kappa shape index (κ2) is 10.3. The molecule has 204 valence electrons. The lowest BCUT2D eigenvalue weighted by atomic mass is 9.94. The smallest absolute Gasteiger partial charge is 0.264 e. The van der Waals surface area contributed by atoms with Gasteiger partial charge in [-0.1, -0.05) is 32.9 Å². The summed E-state index contributed by atoms with van der Waals surface area (Å²) in [6.07, 6.45) is 3.54. The van der Waals surface area contributed by atoms with E-state index in [1.807, 2.05) is 23.1 Å². The number of amides is 1. The molecule has 2 aromatic carbocycles. The predicted molar refractivity (Wildman–Crippen MR) is 149 cm³/mol. The molecule has 9 heteroatoms. The maximum atomic E-state index is 13.5. The first-order valence-corrected chi connectivity index (χ1v) is 14.9. The molecule has 0 spiro atoms. The van der Waals surface area contributed by atoms with Crippen LogP contribution in [0.25, 0.3) is 11.0 Å². The molecule has 2 fully saturated rings. The molecule has 3 aromatic rings. The maximum Gasteiger partial charge on any atom is 0.264 e. The topological polar surface area (TPSA) is 84.7 Å². The van der Waals surface area contributed by atoms with Crippen molar-refractivity contribution < 1.29 is 17.9 Å². The molecule has 1 amide bonds. The monoisotopic (exact) mass is 538 g/mol. The van der Waals surface area contributed by atoms with Gasteiger partial charge in [0.1, 0.15) is 5.82 Å². The lowest BCUT2D eigenvalue weighted by molar-refractivity contribution is -0.128. The number of hydrogen-bond acceptors (Lipinski definition) is 5. The Balaban J connectivity index is 1.40. The minimum absolute atomic E-state index is 0.149. The zero-order valence-corrected chi connectivity index (χ0v) is 23.6. The predicted octanol–water partition coefficient (Wildman–Crippen LogP) is 4.71. The van der Waals surface area contributed by atoms with Crippen molar-refractivity contribution in [1.82, 2.24) is 14.5 Å². The minimum atomic E-state index is -3.77. The van der Waals surface area contributed by atoms with Crippen LogP contribution in [0, 0.1) is 5.92 Å². The summed E-state index contributed by atoms with van der Waals surface area (Å²) in [5, 5.41) is 0. The largest absolute Gasteiger partial charge is 0.381 e. The van der Waals surface area contributed by atoms with E-state index in [1.54, 1.807) is 31.3 Å². The van der Waals surface area contributed by atoms with Crippen LogP contribution < -0.4 is 4.31 Å². The van der Waals surface area contributed by atoms with Gasteiger partial charge in [-0.05, 0) is 61.1 Å². The molecule has 2 aliphatic heterocycles. The van der Waals surface area contributed by atoms with Crippen LogP contribution >= 0.6 is 0 Å². The van der Waals surface area contributed by atoms with E-state index in [0.29, 0.717) is 24.6 Å². The number of benzene rings is 2. The highest BCUT2D eigenvalue weighted by molar-refractivity contribution is 7.92. The lowest BCUT2D eigenvalue weighted by Crippen LogP contribution is -2.27. The van der Waals surface area contributed by atoms with Crippen molar-refractivity contribution in [3.05, 3.63) is 53.9 Å². The molecule has 0 aliphatic carbocycles. The average Bonchev–Trinajstić information content (AvgIpc) is 3.47. The van der Waals surface area contributed by atoms with E-state index in [1.165, 1.54) is 4.31 Å². The first-order valence-electron chi connectivity index (χ1n) is 13.5. The number of anilines is 1. The van der Waals surface area contributed by atoms with Gasteiger partial charge in [0.2, 0.25) is 5.91 Å². The molecule has 0 N–H and O–H groups in total. The van der Waals surface area contributed by atoms with Crippen molar-refractivity contribution in [3.8, 4) is 0 Å². The van der Waals surface area contributed by atoms with E-state index >= 15 is 0 Å². The third kappa shape index (κ3) is 5.31. The number of imidazole rings is 1. The summed E-state index contributed by atoms with van der Waals surface area (Å²) in [6.45, 7) is 10.2. The Morgan fingerprint density at radius 3 is 2.42 bits per heavy atom. The van der Waals surface area contributed by atoms with E-state index in [-0.39, 0.29) is 16.2 Å². The van der Waals surface area contributed by atoms with Crippen LogP contribution in [0.4, 0.5) is 5.69 Å². The van der Waals surface area contributed by atoms with Crippen molar-refractivity contribution in [1.29, 1.82) is 0 Å². The van der Waals surface area contributed by atoms with Gasteiger partial charge in [0.15, 0.2) is 0 Å². The summed E-state index contributed by atoms with van der Waals surface area (Å²) in [7, 11) is -2.19. The van der Waals surface area contributed by atoms with Crippen LogP contribution in [0.5, 0.6) is 0 Å². The number of carbonyl (C=O) groups excluding carboxylic acids is 1. The third-order valence-corrected chi connectivity index (χ3v) is 9.47. The Labute approximate surface area is 225 Å². The molecule has 0 unspecified atom stereocenters. The molecule has 38 heavy (non-hydrogen) atoms. The standard InChI is InChI=1S/C29H38N4O4S/c1-29(2,3)28-30-25-18-23(9-12-26(25)33(28)20-22-13-16-37-17-14-22)31(4)38(35,36)24-10-7-21(8-11-24)19-32-15-5-6-27(32)34/h7-12,18,22H,5-6,13-17,19-20H2,1-4H3. The van der Waals surface area contributed by atoms with Gasteiger partial charge < -0.3 is 14.2 Å². The van der Waals surface area contributed by atoms with E-state index in [4.69, 9.17) is 9.72 Å². The number of hydrogen-bond donors (Lipinski definition) is 0. The fourth-order valence-electron chi connectivity index (χ4n) is 5.41. The number of fused-ring (bicyclic) bond motifs is 1. The second-order valence-corrected chi connectivity index (χ2v) is 13.5. The summed E-state index contributed by atoms with van der Waals surface area (Å²) in [6, 6.07) is 12.6. The number of rotatable bonds is 7. The van der Waals surface area contributed by atoms with Gasteiger partial charge in [0, 0.05) is 51.7 Å². The average molecular weight is 539 g/mol. The normalized spacial score (nSPS) is 17.5. The van der Waals surface area contributed by atoms with E-state index in [2.05, 4.69) is 25.3 Å². The van der Waals surface area contributed by atoms with Crippen LogP contribution in [0.1, 0.15) is 57.8 Å². The zero-order chi connectivity index (χ0) is 27.1. The van der Waals surface area contributed by atoms with E-state index in [0.717, 1.165) is 68.0 Å². The first kappa shape index (κ1) is 26.7. The third-order valence-electron chi connectivity index (χ3n) is 7.67. The van der Waals surface area contributed by atoms with Gasteiger partial charge in [-0.3, -0.25) is 9.10 Å². The van der Waals surface area contributed by atoms with Crippen LogP contribution in [0.15, 0.2) is 47.4 Å². The van der Waals surface area contributed by atoms with Crippen LogP contribution in [-0.2, 0) is 38.1 Å². The summed E-state index contributed by atoms with van der Waals surface area (Å²) in [4.78, 5) is 19.0. The SMILES string of the molecule is CN(c1ccc2c(c1)nc(C(C)(C)C)n2CC1CCOCC1)S(=O)(=O)c1ccc(CN2CCCC2=O)cc1. The quantitative estimate of drug-likeness (QED) is 0.435. The molecule has 0 radical (unpaired) electrons. The van der Waals surface area contributed by atoms with Gasteiger partial charge in [0.25, 0.3) is 10.0 Å². The molecule has 2 aliphatic rings. The van der Waals surface area contributed by atoms with Crippen molar-refractivity contribution in [2.45, 2.75) is 69.9 Å². The molecule has 0 atom stereocenters. The molecule has 1 aromatic heterocycles. The molecule has 0 saturated carbocycles. The Morgan fingerprint density at radius 1 is 1.08 bits per heavy atom. The molecule has 8 nitrogen and oxygen atoms in total. The molecular formula is C29H38N4O4S. The van der Waals surface area contributed by atoms with Gasteiger partial charge in [0.05, 0.1) is 21.6 Å². The van der Waals surface area contributed by atoms with Gasteiger partial charge in [-0.15, -0.1) is 0 Å². The highest BCUT2D eigenvalue weighted by Gasteiger charge is 2.27. The van der Waals surface area contributed by atoms with Crippen molar-refractivity contribution in [3.63, 3.8) is 0 Å². The van der Waals surface area contributed by atoms with Gasteiger partial charge in [-0.25, -0.2) is 13.4 Å². The Morgan fingerprint density at radius 2 is 1.79 bits per heavy atom. The first-order chi connectivity index (χ1) is 18.0. The lowest BCUT2D eigenvalue weighted by Gasteiger charge is -2.26. The number of ether oxygens (including phenoxy) is 1. The minimum Gasteiger partial charge on any atom is -0.381 e. The second-order valence-electron chi connectivity index (χ2n) is 11.6. The molecule has 0 bridgehead atoms. The number of aromatic nitrogens is 2. The molecule has 3 heterocycles.